The predicted molar refractivity (Wildman–Crippen MR) is 58.2 cm³/mol. The van der Waals surface area contributed by atoms with Crippen molar-refractivity contribution in [3.8, 4) is 0 Å². The van der Waals surface area contributed by atoms with Crippen LogP contribution in [0.25, 0.3) is 0 Å². The molecule has 0 amide bonds. The summed E-state index contributed by atoms with van der Waals surface area (Å²) in [5.41, 5.74) is 0.906. The van der Waals surface area contributed by atoms with Crippen molar-refractivity contribution in [3.63, 3.8) is 0 Å². The molecule has 2 N–H and O–H groups in total. The normalized spacial score (nSPS) is 11.3. The van der Waals surface area contributed by atoms with E-state index in [9.17, 15) is 0 Å². The zero-order chi connectivity index (χ0) is 10.9. The molecule has 0 aromatic carbocycles. The third-order valence-corrected chi connectivity index (χ3v) is 1.94. The molecule has 15 heavy (non-hydrogen) atoms. The highest BCUT2D eigenvalue weighted by atomic mass is 16.3. The Balaban J connectivity index is 2.19. The van der Waals surface area contributed by atoms with Gasteiger partial charge >= 0.3 is 0 Å². The molecule has 0 unspecified atom stereocenters. The van der Waals surface area contributed by atoms with Gasteiger partial charge in [0.05, 0.1) is 18.8 Å². The van der Waals surface area contributed by atoms with Crippen molar-refractivity contribution in [2.24, 2.45) is 0 Å². The van der Waals surface area contributed by atoms with Crippen LogP contribution in [0.1, 0.15) is 19.0 Å². The lowest BCUT2D eigenvalue weighted by molar-refractivity contribution is 0.268. The number of nitrogens with one attached hydrogen (secondary N) is 1. The second kappa shape index (κ2) is 7.14. The van der Waals surface area contributed by atoms with E-state index in [0.717, 1.165) is 25.2 Å². The van der Waals surface area contributed by atoms with Gasteiger partial charge in [0.15, 0.2) is 0 Å². The van der Waals surface area contributed by atoms with Gasteiger partial charge in [-0.2, -0.15) is 0 Å². The molecule has 0 saturated carbocycles. The smallest absolute Gasteiger partial charge is 0.0964 e. The maximum atomic E-state index is 8.69. The first-order chi connectivity index (χ1) is 7.36. The summed E-state index contributed by atoms with van der Waals surface area (Å²) in [6.45, 7) is 4.28. The van der Waals surface area contributed by atoms with Gasteiger partial charge in [-0.25, -0.2) is 4.68 Å². The maximum absolute atomic E-state index is 8.69. The van der Waals surface area contributed by atoms with Crippen molar-refractivity contribution in [2.75, 3.05) is 13.2 Å². The van der Waals surface area contributed by atoms with Crippen LogP contribution < -0.4 is 5.32 Å². The average molecular weight is 210 g/mol. The van der Waals surface area contributed by atoms with Crippen LogP contribution in [-0.4, -0.2) is 33.3 Å². The minimum absolute atomic E-state index is 0.0948. The van der Waals surface area contributed by atoms with E-state index in [1.165, 1.54) is 0 Å². The zero-order valence-electron chi connectivity index (χ0n) is 9.06. The summed E-state index contributed by atoms with van der Waals surface area (Å²) >= 11 is 0. The number of aliphatic hydroxyl groups is 1. The van der Waals surface area contributed by atoms with Crippen LogP contribution in [0.5, 0.6) is 0 Å². The molecule has 84 valence electrons. The summed E-state index contributed by atoms with van der Waals surface area (Å²) < 4.78 is 1.64. The highest BCUT2D eigenvalue weighted by Crippen LogP contribution is 1.92. The molecule has 1 heterocycles. The number of hydrogen-bond acceptors (Lipinski definition) is 4. The van der Waals surface area contributed by atoms with Crippen LogP contribution in [0.2, 0.25) is 0 Å². The van der Waals surface area contributed by atoms with E-state index in [-0.39, 0.29) is 6.61 Å². The molecule has 0 aliphatic rings. The molecular formula is C10H18N4O. The maximum Gasteiger partial charge on any atom is 0.0964 e. The van der Waals surface area contributed by atoms with Crippen molar-refractivity contribution in [3.05, 3.63) is 24.0 Å². The van der Waals surface area contributed by atoms with Gasteiger partial charge in [0.2, 0.25) is 0 Å². The van der Waals surface area contributed by atoms with E-state index in [0.29, 0.717) is 6.54 Å². The summed E-state index contributed by atoms with van der Waals surface area (Å²) in [5, 5.41) is 19.8. The molecule has 0 radical (unpaired) electrons. The molecule has 5 heteroatoms. The number of aromatic nitrogens is 3. The van der Waals surface area contributed by atoms with Crippen molar-refractivity contribution in [1.82, 2.24) is 20.3 Å². The quantitative estimate of drug-likeness (QED) is 0.503. The SMILES string of the molecule is C/C=C/CCNCc1cn(CCO)nn1. The molecular weight excluding hydrogens is 192 g/mol. The first-order valence-corrected chi connectivity index (χ1v) is 5.18. The van der Waals surface area contributed by atoms with Crippen LogP contribution in [0, 0.1) is 0 Å². The van der Waals surface area contributed by atoms with Crippen molar-refractivity contribution >= 4 is 0 Å². The van der Waals surface area contributed by atoms with E-state index in [1.807, 2.05) is 19.2 Å². The van der Waals surface area contributed by atoms with Gasteiger partial charge in [-0.05, 0) is 19.9 Å². The largest absolute Gasteiger partial charge is 0.394 e. The number of nitrogens with zero attached hydrogens (tertiary/aromatic N) is 3. The lowest BCUT2D eigenvalue weighted by Crippen LogP contribution is -2.14. The van der Waals surface area contributed by atoms with Crippen LogP contribution in [0.3, 0.4) is 0 Å². The Bertz CT molecular complexity index is 295. The molecule has 1 aromatic heterocycles. The Hall–Kier alpha value is -1.20. The van der Waals surface area contributed by atoms with Gasteiger partial charge in [0.25, 0.3) is 0 Å². The lowest BCUT2D eigenvalue weighted by atomic mass is 10.3. The minimum atomic E-state index is 0.0948. The number of rotatable bonds is 7. The molecule has 1 aromatic rings. The minimum Gasteiger partial charge on any atom is -0.394 e. The standard InChI is InChI=1S/C10H18N4O/c1-2-3-4-5-11-8-10-9-14(6-7-15)13-12-10/h2-3,9,11,15H,4-8H2,1H3/b3-2+. The fourth-order valence-electron chi connectivity index (χ4n) is 1.20. The van der Waals surface area contributed by atoms with E-state index < -0.39 is 0 Å². The van der Waals surface area contributed by atoms with Crippen LogP contribution >= 0.6 is 0 Å². The van der Waals surface area contributed by atoms with Crippen LogP contribution in [0.4, 0.5) is 0 Å². The van der Waals surface area contributed by atoms with Crippen molar-refractivity contribution in [1.29, 1.82) is 0 Å². The first kappa shape index (κ1) is 11.9. The molecule has 0 bridgehead atoms. The lowest BCUT2D eigenvalue weighted by Gasteiger charge is -1.98. The molecule has 1 rings (SSSR count). The number of hydrogen-bond donors (Lipinski definition) is 2. The van der Waals surface area contributed by atoms with E-state index >= 15 is 0 Å². The fraction of sp³-hybridized carbons (Fsp3) is 0.600. The molecule has 0 aliphatic heterocycles. The Morgan fingerprint density at radius 2 is 2.47 bits per heavy atom. The van der Waals surface area contributed by atoms with Gasteiger partial charge in [0.1, 0.15) is 0 Å². The Labute approximate surface area is 89.8 Å². The Kier molecular flexibility index (Phi) is 5.65. The summed E-state index contributed by atoms with van der Waals surface area (Å²) in [4.78, 5) is 0. The molecule has 0 atom stereocenters. The highest BCUT2D eigenvalue weighted by molar-refractivity contribution is 4.91. The summed E-state index contributed by atoms with van der Waals surface area (Å²) in [5.74, 6) is 0. The van der Waals surface area contributed by atoms with Crippen LogP contribution in [-0.2, 0) is 13.1 Å². The molecule has 0 aliphatic carbocycles. The van der Waals surface area contributed by atoms with Crippen molar-refractivity contribution in [2.45, 2.75) is 26.4 Å². The van der Waals surface area contributed by atoms with E-state index in [1.54, 1.807) is 4.68 Å². The van der Waals surface area contributed by atoms with Crippen LogP contribution in [0.15, 0.2) is 18.3 Å². The first-order valence-electron chi connectivity index (χ1n) is 5.18. The summed E-state index contributed by atoms with van der Waals surface area (Å²) in [6, 6.07) is 0. The van der Waals surface area contributed by atoms with E-state index in [2.05, 4.69) is 21.7 Å². The topological polar surface area (TPSA) is 63.0 Å². The molecule has 0 spiro atoms. The second-order valence-electron chi connectivity index (χ2n) is 3.23. The summed E-state index contributed by atoms with van der Waals surface area (Å²) in [7, 11) is 0. The van der Waals surface area contributed by atoms with Gasteiger partial charge in [-0.1, -0.05) is 17.4 Å². The van der Waals surface area contributed by atoms with E-state index in [4.69, 9.17) is 5.11 Å². The zero-order valence-corrected chi connectivity index (χ0v) is 9.06. The Morgan fingerprint density at radius 1 is 1.60 bits per heavy atom. The number of aliphatic hydroxyl groups excluding tert-OH is 1. The molecule has 0 fully saturated rings. The van der Waals surface area contributed by atoms with Gasteiger partial charge in [-0.15, -0.1) is 5.10 Å². The third-order valence-electron chi connectivity index (χ3n) is 1.94. The molecule has 0 saturated heterocycles. The van der Waals surface area contributed by atoms with Gasteiger partial charge in [-0.3, -0.25) is 0 Å². The monoisotopic (exact) mass is 210 g/mol. The predicted octanol–water partition coefficient (Wildman–Crippen LogP) is 0.326. The second-order valence-corrected chi connectivity index (χ2v) is 3.23. The number of allylic oxidation sites excluding steroid dienone is 1. The molecule has 5 nitrogen and oxygen atoms in total. The summed E-state index contributed by atoms with van der Waals surface area (Å²) in [6.07, 6.45) is 7.04. The van der Waals surface area contributed by atoms with Gasteiger partial charge in [0, 0.05) is 12.7 Å². The van der Waals surface area contributed by atoms with Gasteiger partial charge < -0.3 is 10.4 Å². The fourth-order valence-corrected chi connectivity index (χ4v) is 1.20. The highest BCUT2D eigenvalue weighted by Gasteiger charge is 1.98. The Morgan fingerprint density at radius 3 is 3.20 bits per heavy atom. The average Bonchev–Trinajstić information content (AvgIpc) is 2.66. The third kappa shape index (κ3) is 4.71. The van der Waals surface area contributed by atoms with Crippen molar-refractivity contribution < 1.29 is 5.11 Å².